The van der Waals surface area contributed by atoms with Crippen molar-refractivity contribution in [3.8, 4) is 5.75 Å². The molecule has 0 saturated heterocycles. The van der Waals surface area contributed by atoms with Crippen LogP contribution in [0.1, 0.15) is 26.3 Å². The molecule has 2 rings (SSSR count). The lowest BCUT2D eigenvalue weighted by Crippen LogP contribution is -2.54. The van der Waals surface area contributed by atoms with Gasteiger partial charge in [0.25, 0.3) is 0 Å². The minimum absolute atomic E-state index is 0.0946. The van der Waals surface area contributed by atoms with Gasteiger partial charge in [0.15, 0.2) is 0 Å². The van der Waals surface area contributed by atoms with Crippen molar-refractivity contribution < 1.29 is 19.4 Å². The number of hydrogen-bond donors (Lipinski definition) is 3. The van der Waals surface area contributed by atoms with Crippen molar-refractivity contribution in [2.45, 2.75) is 32.9 Å². The molecule has 0 atom stereocenters. The van der Waals surface area contributed by atoms with Crippen LogP contribution in [0.3, 0.4) is 0 Å². The zero-order chi connectivity index (χ0) is 14.9. The van der Waals surface area contributed by atoms with Crippen LogP contribution in [0.2, 0.25) is 0 Å². The van der Waals surface area contributed by atoms with E-state index in [1.807, 2.05) is 0 Å². The van der Waals surface area contributed by atoms with Crippen LogP contribution in [0.15, 0.2) is 18.2 Å². The van der Waals surface area contributed by atoms with Crippen molar-refractivity contribution in [2.24, 2.45) is 0 Å². The fourth-order valence-corrected chi connectivity index (χ4v) is 1.79. The van der Waals surface area contributed by atoms with E-state index in [2.05, 4.69) is 10.7 Å². The second kappa shape index (κ2) is 4.92. The van der Waals surface area contributed by atoms with Crippen LogP contribution in [0, 0.1) is 0 Å². The molecule has 7 nitrogen and oxygen atoms in total. The summed E-state index contributed by atoms with van der Waals surface area (Å²) in [5, 5.41) is 13.1. The zero-order valence-corrected chi connectivity index (χ0v) is 11.6. The molecule has 3 amide bonds. The number of benzene rings is 1. The quantitative estimate of drug-likeness (QED) is 0.731. The van der Waals surface area contributed by atoms with E-state index in [0.717, 1.165) is 5.01 Å². The molecule has 0 radical (unpaired) electrons. The number of carbonyl (C=O) groups excluding carboxylic acids is 2. The molecule has 0 saturated carbocycles. The second-order valence-corrected chi connectivity index (χ2v) is 5.42. The van der Waals surface area contributed by atoms with Gasteiger partial charge in [-0.2, -0.15) is 5.01 Å². The van der Waals surface area contributed by atoms with Crippen molar-refractivity contribution in [3.05, 3.63) is 23.8 Å². The number of phenols is 1. The summed E-state index contributed by atoms with van der Waals surface area (Å²) in [6.07, 6.45) is -0.728. The van der Waals surface area contributed by atoms with Crippen LogP contribution in [0.25, 0.3) is 0 Å². The maximum Gasteiger partial charge on any atom is 0.427 e. The summed E-state index contributed by atoms with van der Waals surface area (Å²) in [5.41, 5.74) is 2.91. The molecule has 0 fully saturated rings. The van der Waals surface area contributed by atoms with Gasteiger partial charge in [0, 0.05) is 12.1 Å². The summed E-state index contributed by atoms with van der Waals surface area (Å²) in [6.45, 7) is 5.48. The van der Waals surface area contributed by atoms with Gasteiger partial charge < -0.3 is 15.2 Å². The van der Waals surface area contributed by atoms with Gasteiger partial charge >= 0.3 is 12.1 Å². The maximum absolute atomic E-state index is 11.8. The summed E-state index contributed by atoms with van der Waals surface area (Å²) in [6, 6.07) is 4.06. The number of nitrogens with zero attached hydrogens (tertiary/aromatic N) is 1. The fourth-order valence-electron chi connectivity index (χ4n) is 1.79. The summed E-state index contributed by atoms with van der Waals surface area (Å²) in [5.74, 6) is 0.0946. The predicted octanol–water partition coefficient (Wildman–Crippen LogP) is 1.86. The largest absolute Gasteiger partial charge is 0.508 e. The number of aromatic hydroxyl groups is 1. The van der Waals surface area contributed by atoms with Crippen molar-refractivity contribution in [1.29, 1.82) is 0 Å². The summed E-state index contributed by atoms with van der Waals surface area (Å²) < 4.78 is 5.11. The average Bonchev–Trinajstić information content (AvgIpc) is 2.30. The minimum Gasteiger partial charge on any atom is -0.508 e. The van der Waals surface area contributed by atoms with Gasteiger partial charge in [0.1, 0.15) is 11.4 Å². The Hall–Kier alpha value is -2.44. The monoisotopic (exact) mass is 279 g/mol. The van der Waals surface area contributed by atoms with Gasteiger partial charge in [-0.15, -0.1) is 0 Å². The Kier molecular flexibility index (Phi) is 3.44. The molecule has 0 aromatic heterocycles. The molecule has 20 heavy (non-hydrogen) atoms. The number of urea groups is 1. The molecule has 0 spiro atoms. The number of ether oxygens (including phenoxy) is 1. The molecule has 0 unspecified atom stereocenters. The zero-order valence-electron chi connectivity index (χ0n) is 11.6. The Morgan fingerprint density at radius 2 is 2.15 bits per heavy atom. The molecular formula is C13H17N3O4. The van der Waals surface area contributed by atoms with Crippen LogP contribution in [0.4, 0.5) is 15.3 Å². The SMILES string of the molecule is CC(C)(C)OC(=O)NN1C(=O)NCc2cc(O)ccc21. The smallest absolute Gasteiger partial charge is 0.427 e. The van der Waals surface area contributed by atoms with Crippen molar-refractivity contribution in [1.82, 2.24) is 10.7 Å². The lowest BCUT2D eigenvalue weighted by molar-refractivity contribution is 0.0523. The number of anilines is 1. The molecule has 1 aromatic rings. The van der Waals surface area contributed by atoms with E-state index >= 15 is 0 Å². The third-order valence-corrected chi connectivity index (χ3v) is 2.54. The van der Waals surface area contributed by atoms with E-state index in [-0.39, 0.29) is 12.3 Å². The minimum atomic E-state index is -0.728. The van der Waals surface area contributed by atoms with Gasteiger partial charge in [-0.3, -0.25) is 0 Å². The second-order valence-electron chi connectivity index (χ2n) is 5.42. The molecule has 0 bridgehead atoms. The number of carbonyl (C=O) groups is 2. The molecular weight excluding hydrogens is 262 g/mol. The first-order valence-corrected chi connectivity index (χ1v) is 6.16. The van der Waals surface area contributed by atoms with Gasteiger partial charge in [-0.05, 0) is 39.0 Å². The first-order valence-electron chi connectivity index (χ1n) is 6.16. The number of hydrazine groups is 1. The highest BCUT2D eigenvalue weighted by molar-refractivity contribution is 5.96. The van der Waals surface area contributed by atoms with Gasteiger partial charge in [-0.25, -0.2) is 15.0 Å². The predicted molar refractivity (Wildman–Crippen MR) is 72.2 cm³/mol. The molecule has 1 aliphatic rings. The first-order chi connectivity index (χ1) is 9.26. The Morgan fingerprint density at radius 1 is 1.45 bits per heavy atom. The highest BCUT2D eigenvalue weighted by atomic mass is 16.6. The number of fused-ring (bicyclic) bond motifs is 1. The Morgan fingerprint density at radius 3 is 2.80 bits per heavy atom. The fraction of sp³-hybridized carbons (Fsp3) is 0.385. The van der Waals surface area contributed by atoms with Crippen LogP contribution in [-0.4, -0.2) is 22.8 Å². The molecule has 1 heterocycles. The highest BCUT2D eigenvalue weighted by Gasteiger charge is 2.27. The van der Waals surface area contributed by atoms with Crippen LogP contribution < -0.4 is 15.8 Å². The van der Waals surface area contributed by atoms with Crippen LogP contribution >= 0.6 is 0 Å². The topological polar surface area (TPSA) is 90.9 Å². The third-order valence-electron chi connectivity index (χ3n) is 2.54. The van der Waals surface area contributed by atoms with E-state index in [0.29, 0.717) is 11.3 Å². The van der Waals surface area contributed by atoms with Gasteiger partial charge in [0.2, 0.25) is 0 Å². The van der Waals surface area contributed by atoms with Crippen molar-refractivity contribution in [2.75, 3.05) is 5.01 Å². The van der Waals surface area contributed by atoms with E-state index in [9.17, 15) is 14.7 Å². The number of amides is 3. The Bertz CT molecular complexity index is 551. The number of phenolic OH excluding ortho intramolecular Hbond substituents is 1. The van der Waals surface area contributed by atoms with Crippen LogP contribution in [-0.2, 0) is 11.3 Å². The summed E-state index contributed by atoms with van der Waals surface area (Å²) in [4.78, 5) is 23.6. The third kappa shape index (κ3) is 3.11. The van der Waals surface area contributed by atoms with Crippen LogP contribution in [0.5, 0.6) is 5.75 Å². The number of rotatable bonds is 1. The summed E-state index contributed by atoms with van der Waals surface area (Å²) in [7, 11) is 0. The van der Waals surface area contributed by atoms with E-state index < -0.39 is 17.7 Å². The number of hydrogen-bond acceptors (Lipinski definition) is 4. The molecule has 108 valence electrons. The van der Waals surface area contributed by atoms with Gasteiger partial charge in [-0.1, -0.05) is 0 Å². The Labute approximate surface area is 116 Å². The molecule has 1 aromatic carbocycles. The van der Waals surface area contributed by atoms with E-state index in [1.54, 1.807) is 26.8 Å². The maximum atomic E-state index is 11.8. The standard InChI is InChI=1S/C13H17N3O4/c1-13(2,3)20-12(19)15-16-10-5-4-9(17)6-8(10)7-14-11(16)18/h4-6,17H,7H2,1-3H3,(H,14,18)(H,15,19). The normalized spacial score (nSPS) is 14.3. The van der Waals surface area contributed by atoms with Gasteiger partial charge in [0.05, 0.1) is 5.69 Å². The lowest BCUT2D eigenvalue weighted by Gasteiger charge is -2.30. The van der Waals surface area contributed by atoms with Crippen molar-refractivity contribution >= 4 is 17.8 Å². The van der Waals surface area contributed by atoms with E-state index in [4.69, 9.17) is 4.74 Å². The molecule has 3 N–H and O–H groups in total. The lowest BCUT2D eigenvalue weighted by atomic mass is 10.1. The molecule has 7 heteroatoms. The molecule has 0 aliphatic carbocycles. The van der Waals surface area contributed by atoms with E-state index in [1.165, 1.54) is 12.1 Å². The summed E-state index contributed by atoms with van der Waals surface area (Å²) >= 11 is 0. The average molecular weight is 279 g/mol. The Balaban J connectivity index is 2.20. The molecule has 1 aliphatic heterocycles. The first kappa shape index (κ1) is 14.0. The number of nitrogens with one attached hydrogen (secondary N) is 2. The highest BCUT2D eigenvalue weighted by Crippen LogP contribution is 2.26. The van der Waals surface area contributed by atoms with Crippen molar-refractivity contribution in [3.63, 3.8) is 0 Å².